The molecule has 24 heavy (non-hydrogen) atoms. The summed E-state index contributed by atoms with van der Waals surface area (Å²) in [7, 11) is 1.79. The van der Waals surface area contributed by atoms with Gasteiger partial charge in [0.05, 0.1) is 11.3 Å². The van der Waals surface area contributed by atoms with E-state index < -0.39 is 0 Å². The molecule has 0 saturated carbocycles. The van der Waals surface area contributed by atoms with Crippen LogP contribution in [0.3, 0.4) is 0 Å². The molecule has 0 N–H and O–H groups in total. The van der Waals surface area contributed by atoms with Gasteiger partial charge in [0.25, 0.3) is 0 Å². The SMILES string of the molecule is Cn1c(SCC(=O)N2CCCCCC2)nnc1-c1ccccc1F. The zero-order chi connectivity index (χ0) is 16.9. The van der Waals surface area contributed by atoms with Gasteiger partial charge >= 0.3 is 0 Å². The van der Waals surface area contributed by atoms with Crippen LogP contribution in [0, 0.1) is 5.82 Å². The topological polar surface area (TPSA) is 51.0 Å². The summed E-state index contributed by atoms with van der Waals surface area (Å²) in [5.74, 6) is 0.615. The van der Waals surface area contributed by atoms with Crippen molar-refractivity contribution in [2.75, 3.05) is 18.8 Å². The molecule has 1 aliphatic heterocycles. The largest absolute Gasteiger partial charge is 0.342 e. The summed E-state index contributed by atoms with van der Waals surface area (Å²) in [5, 5.41) is 8.81. The molecule has 1 aliphatic rings. The van der Waals surface area contributed by atoms with Crippen LogP contribution >= 0.6 is 11.8 Å². The van der Waals surface area contributed by atoms with Crippen LogP contribution in [0.2, 0.25) is 0 Å². The summed E-state index contributed by atoms with van der Waals surface area (Å²) < 4.78 is 15.6. The predicted molar refractivity (Wildman–Crippen MR) is 92.2 cm³/mol. The second kappa shape index (κ2) is 7.79. The van der Waals surface area contributed by atoms with Crippen molar-refractivity contribution in [3.8, 4) is 11.4 Å². The van der Waals surface area contributed by atoms with Gasteiger partial charge in [-0.15, -0.1) is 10.2 Å². The van der Waals surface area contributed by atoms with Gasteiger partial charge in [0.2, 0.25) is 5.91 Å². The number of amides is 1. The Bertz CT molecular complexity index is 710. The molecule has 128 valence electrons. The van der Waals surface area contributed by atoms with E-state index in [-0.39, 0.29) is 11.7 Å². The minimum absolute atomic E-state index is 0.136. The number of carbonyl (C=O) groups is 1. The molecule has 1 aromatic heterocycles. The number of thioether (sulfide) groups is 1. The van der Waals surface area contributed by atoms with Crippen molar-refractivity contribution < 1.29 is 9.18 Å². The molecule has 0 aliphatic carbocycles. The Balaban J connectivity index is 1.66. The van der Waals surface area contributed by atoms with Crippen molar-refractivity contribution in [1.29, 1.82) is 0 Å². The highest BCUT2D eigenvalue weighted by Gasteiger charge is 2.18. The van der Waals surface area contributed by atoms with Gasteiger partial charge in [-0.25, -0.2) is 4.39 Å². The number of carbonyl (C=O) groups excluding carboxylic acids is 1. The van der Waals surface area contributed by atoms with Crippen molar-refractivity contribution >= 4 is 17.7 Å². The zero-order valence-electron chi connectivity index (χ0n) is 13.7. The summed E-state index contributed by atoms with van der Waals surface area (Å²) in [6.45, 7) is 1.69. The van der Waals surface area contributed by atoms with Gasteiger partial charge in [0.15, 0.2) is 11.0 Å². The quantitative estimate of drug-likeness (QED) is 0.797. The van der Waals surface area contributed by atoms with E-state index in [9.17, 15) is 9.18 Å². The molecular formula is C17H21FN4OS. The number of aromatic nitrogens is 3. The lowest BCUT2D eigenvalue weighted by Crippen LogP contribution is -2.33. The highest BCUT2D eigenvalue weighted by atomic mass is 32.2. The molecule has 0 spiro atoms. The second-order valence-electron chi connectivity index (χ2n) is 5.93. The zero-order valence-corrected chi connectivity index (χ0v) is 14.6. The van der Waals surface area contributed by atoms with Gasteiger partial charge in [-0.1, -0.05) is 36.7 Å². The van der Waals surface area contributed by atoms with Crippen molar-refractivity contribution in [2.24, 2.45) is 7.05 Å². The number of nitrogens with zero attached hydrogens (tertiary/aromatic N) is 4. The molecule has 0 atom stereocenters. The third-order valence-corrected chi connectivity index (χ3v) is 5.24. The van der Waals surface area contributed by atoms with Crippen LogP contribution < -0.4 is 0 Å². The van der Waals surface area contributed by atoms with Gasteiger partial charge in [0.1, 0.15) is 5.82 Å². The number of hydrogen-bond donors (Lipinski definition) is 0. The third kappa shape index (κ3) is 3.77. The predicted octanol–water partition coefficient (Wildman–Crippen LogP) is 3.12. The van der Waals surface area contributed by atoms with Crippen LogP contribution in [-0.2, 0) is 11.8 Å². The normalized spacial score (nSPS) is 15.3. The molecule has 0 radical (unpaired) electrons. The molecule has 0 unspecified atom stereocenters. The van der Waals surface area contributed by atoms with Crippen molar-refractivity contribution in [2.45, 2.75) is 30.8 Å². The molecular weight excluding hydrogens is 327 g/mol. The lowest BCUT2D eigenvalue weighted by molar-refractivity contribution is -0.128. The van der Waals surface area contributed by atoms with E-state index in [2.05, 4.69) is 10.2 Å². The van der Waals surface area contributed by atoms with Gasteiger partial charge in [0, 0.05) is 20.1 Å². The maximum atomic E-state index is 13.9. The van der Waals surface area contributed by atoms with Gasteiger partial charge < -0.3 is 9.47 Å². The molecule has 2 heterocycles. The molecule has 1 aromatic carbocycles. The fourth-order valence-corrected chi connectivity index (χ4v) is 3.67. The maximum absolute atomic E-state index is 13.9. The van der Waals surface area contributed by atoms with Crippen molar-refractivity contribution in [3.05, 3.63) is 30.1 Å². The number of rotatable bonds is 4. The third-order valence-electron chi connectivity index (χ3n) is 4.23. The fourth-order valence-electron chi connectivity index (χ4n) is 2.86. The minimum atomic E-state index is -0.329. The lowest BCUT2D eigenvalue weighted by Gasteiger charge is -2.19. The summed E-state index contributed by atoms with van der Waals surface area (Å²) in [5.41, 5.74) is 0.415. The van der Waals surface area contributed by atoms with Crippen LogP contribution in [0.15, 0.2) is 29.4 Å². The molecule has 7 heteroatoms. The van der Waals surface area contributed by atoms with E-state index in [1.54, 1.807) is 29.8 Å². The molecule has 3 rings (SSSR count). The smallest absolute Gasteiger partial charge is 0.233 e. The molecule has 1 fully saturated rings. The first kappa shape index (κ1) is 17.0. The summed E-state index contributed by atoms with van der Waals surface area (Å²) >= 11 is 1.35. The van der Waals surface area contributed by atoms with E-state index in [4.69, 9.17) is 0 Å². The average Bonchev–Trinajstić information content (AvgIpc) is 2.79. The number of hydrogen-bond acceptors (Lipinski definition) is 4. The first-order valence-electron chi connectivity index (χ1n) is 8.21. The Hall–Kier alpha value is -1.89. The number of likely N-dealkylation sites (tertiary alicyclic amines) is 1. The molecule has 1 saturated heterocycles. The second-order valence-corrected chi connectivity index (χ2v) is 6.87. The first-order chi connectivity index (χ1) is 11.7. The van der Waals surface area contributed by atoms with E-state index in [0.29, 0.717) is 22.3 Å². The van der Waals surface area contributed by atoms with Crippen molar-refractivity contribution in [3.63, 3.8) is 0 Å². The summed E-state index contributed by atoms with van der Waals surface area (Å²) in [6.07, 6.45) is 4.56. The fraction of sp³-hybridized carbons (Fsp3) is 0.471. The Morgan fingerprint density at radius 2 is 1.88 bits per heavy atom. The maximum Gasteiger partial charge on any atom is 0.233 e. The molecule has 2 aromatic rings. The molecule has 5 nitrogen and oxygen atoms in total. The van der Waals surface area contributed by atoms with Crippen LogP contribution in [0.4, 0.5) is 4.39 Å². The Labute approximate surface area is 145 Å². The van der Waals surface area contributed by atoms with E-state index >= 15 is 0 Å². The standard InChI is InChI=1S/C17H21FN4OS/c1-21-16(13-8-4-5-9-14(13)18)19-20-17(21)24-12-15(23)22-10-6-2-3-7-11-22/h4-5,8-9H,2-3,6-7,10-12H2,1H3. The van der Waals surface area contributed by atoms with E-state index in [0.717, 1.165) is 25.9 Å². The summed E-state index contributed by atoms with van der Waals surface area (Å²) in [6, 6.07) is 6.49. The molecule has 0 bridgehead atoms. The lowest BCUT2D eigenvalue weighted by atomic mass is 10.2. The highest BCUT2D eigenvalue weighted by molar-refractivity contribution is 7.99. The van der Waals surface area contributed by atoms with Gasteiger partial charge in [-0.05, 0) is 25.0 Å². The van der Waals surface area contributed by atoms with Crippen LogP contribution in [-0.4, -0.2) is 44.4 Å². The first-order valence-corrected chi connectivity index (χ1v) is 9.20. The minimum Gasteiger partial charge on any atom is -0.342 e. The Morgan fingerprint density at radius 1 is 1.17 bits per heavy atom. The van der Waals surface area contributed by atoms with Crippen LogP contribution in [0.25, 0.3) is 11.4 Å². The van der Waals surface area contributed by atoms with E-state index in [1.165, 1.54) is 30.7 Å². The molecule has 1 amide bonds. The number of benzene rings is 1. The van der Waals surface area contributed by atoms with Gasteiger partial charge in [-0.3, -0.25) is 4.79 Å². The highest BCUT2D eigenvalue weighted by Crippen LogP contribution is 2.25. The van der Waals surface area contributed by atoms with Crippen LogP contribution in [0.5, 0.6) is 0 Å². The monoisotopic (exact) mass is 348 g/mol. The average molecular weight is 348 g/mol. The van der Waals surface area contributed by atoms with E-state index in [1.807, 2.05) is 4.90 Å². The Kier molecular flexibility index (Phi) is 5.50. The van der Waals surface area contributed by atoms with Gasteiger partial charge in [-0.2, -0.15) is 0 Å². The van der Waals surface area contributed by atoms with Crippen LogP contribution in [0.1, 0.15) is 25.7 Å². The van der Waals surface area contributed by atoms with Crippen molar-refractivity contribution in [1.82, 2.24) is 19.7 Å². The summed E-state index contributed by atoms with van der Waals surface area (Å²) in [4.78, 5) is 14.3. The number of halogens is 1. The Morgan fingerprint density at radius 3 is 2.58 bits per heavy atom.